The Kier molecular flexibility index (Phi) is 8.30. The molecule has 20 heavy (non-hydrogen) atoms. The Hall–Kier alpha value is -1.07. The summed E-state index contributed by atoms with van der Waals surface area (Å²) >= 11 is 1.76. The second-order valence-corrected chi connectivity index (χ2v) is 5.45. The Balaban J connectivity index is 2.65. The summed E-state index contributed by atoms with van der Waals surface area (Å²) in [5.74, 6) is 0.888. The van der Waals surface area contributed by atoms with Crippen LogP contribution in [0, 0.1) is 0 Å². The van der Waals surface area contributed by atoms with Crippen molar-refractivity contribution in [1.29, 1.82) is 0 Å². The van der Waals surface area contributed by atoms with Crippen LogP contribution in [-0.4, -0.2) is 44.1 Å². The van der Waals surface area contributed by atoms with Crippen LogP contribution in [0.4, 0.5) is 0 Å². The van der Waals surface area contributed by atoms with Crippen molar-refractivity contribution in [3.8, 4) is 0 Å². The van der Waals surface area contributed by atoms with Crippen molar-refractivity contribution in [3.63, 3.8) is 0 Å². The number of guanidine groups is 1. The zero-order valence-corrected chi connectivity index (χ0v) is 14.0. The summed E-state index contributed by atoms with van der Waals surface area (Å²) in [4.78, 5) is 6.74. The van der Waals surface area contributed by atoms with Gasteiger partial charge in [-0.2, -0.15) is 11.3 Å². The Morgan fingerprint density at radius 2 is 2.05 bits per heavy atom. The average Bonchev–Trinajstić information content (AvgIpc) is 3.00. The van der Waals surface area contributed by atoms with Crippen LogP contribution >= 0.6 is 11.3 Å². The second-order valence-electron chi connectivity index (χ2n) is 4.67. The molecule has 0 radical (unpaired) electrons. The zero-order chi connectivity index (χ0) is 14.8. The summed E-state index contributed by atoms with van der Waals surface area (Å²) in [6.07, 6.45) is 1.10. The number of likely N-dealkylation sites (N-methyl/N-ethyl adjacent to an activating group) is 1. The van der Waals surface area contributed by atoms with Crippen molar-refractivity contribution in [3.05, 3.63) is 22.4 Å². The predicted molar refractivity (Wildman–Crippen MR) is 89.6 cm³/mol. The van der Waals surface area contributed by atoms with E-state index in [4.69, 9.17) is 0 Å². The van der Waals surface area contributed by atoms with Crippen molar-refractivity contribution in [2.75, 3.05) is 33.2 Å². The number of thiophene rings is 1. The van der Waals surface area contributed by atoms with Crippen LogP contribution in [0.25, 0.3) is 0 Å². The first-order valence-electron chi connectivity index (χ1n) is 7.47. The van der Waals surface area contributed by atoms with Gasteiger partial charge in [0.15, 0.2) is 5.96 Å². The molecule has 114 valence electrons. The molecule has 2 N–H and O–H groups in total. The first kappa shape index (κ1) is 17.0. The van der Waals surface area contributed by atoms with E-state index in [9.17, 15) is 0 Å². The first-order chi connectivity index (χ1) is 9.76. The van der Waals surface area contributed by atoms with E-state index in [2.05, 4.69) is 58.1 Å². The molecule has 0 aliphatic heterocycles. The normalized spacial score (nSPS) is 13.6. The van der Waals surface area contributed by atoms with E-state index in [1.54, 1.807) is 11.3 Å². The molecule has 0 aromatic carbocycles. The van der Waals surface area contributed by atoms with Gasteiger partial charge in [0.1, 0.15) is 0 Å². The van der Waals surface area contributed by atoms with Crippen LogP contribution in [0.2, 0.25) is 0 Å². The Morgan fingerprint density at radius 1 is 1.30 bits per heavy atom. The van der Waals surface area contributed by atoms with Gasteiger partial charge in [0, 0.05) is 20.1 Å². The number of hydrogen-bond donors (Lipinski definition) is 2. The van der Waals surface area contributed by atoms with Crippen LogP contribution < -0.4 is 10.6 Å². The Morgan fingerprint density at radius 3 is 2.55 bits per heavy atom. The van der Waals surface area contributed by atoms with Gasteiger partial charge in [-0.25, -0.2) is 0 Å². The standard InChI is InChI=1S/C15H28N4S/c1-5-9-17-15(16-4)18-11-14(19(6-2)7-3)13-8-10-20-12-13/h8,10,12,14H,5-7,9,11H2,1-4H3,(H2,16,17,18). The number of aliphatic imine (C=N–C) groups is 1. The van der Waals surface area contributed by atoms with Gasteiger partial charge in [-0.15, -0.1) is 0 Å². The van der Waals surface area contributed by atoms with E-state index in [0.717, 1.165) is 38.6 Å². The Labute approximate surface area is 127 Å². The minimum atomic E-state index is 0.399. The van der Waals surface area contributed by atoms with Crippen molar-refractivity contribution >= 4 is 17.3 Å². The topological polar surface area (TPSA) is 39.7 Å². The smallest absolute Gasteiger partial charge is 0.191 e. The average molecular weight is 296 g/mol. The van der Waals surface area contributed by atoms with Crippen LogP contribution in [0.15, 0.2) is 21.8 Å². The van der Waals surface area contributed by atoms with E-state index in [1.165, 1.54) is 5.56 Å². The highest BCUT2D eigenvalue weighted by Gasteiger charge is 2.18. The van der Waals surface area contributed by atoms with Crippen LogP contribution in [-0.2, 0) is 0 Å². The SMILES string of the molecule is CCCNC(=NC)NCC(c1ccsc1)N(CC)CC. The molecule has 0 aliphatic rings. The third kappa shape index (κ3) is 5.13. The van der Waals surface area contributed by atoms with E-state index >= 15 is 0 Å². The van der Waals surface area contributed by atoms with Gasteiger partial charge in [0.25, 0.3) is 0 Å². The molecule has 1 atom stereocenters. The largest absolute Gasteiger partial charge is 0.356 e. The van der Waals surface area contributed by atoms with Crippen LogP contribution in [0.1, 0.15) is 38.8 Å². The highest BCUT2D eigenvalue weighted by molar-refractivity contribution is 7.07. The highest BCUT2D eigenvalue weighted by atomic mass is 32.1. The molecule has 0 amide bonds. The molecule has 1 heterocycles. The van der Waals surface area contributed by atoms with Gasteiger partial charge in [-0.1, -0.05) is 20.8 Å². The molecule has 0 spiro atoms. The fraction of sp³-hybridized carbons (Fsp3) is 0.667. The van der Waals surface area contributed by atoms with E-state index in [-0.39, 0.29) is 0 Å². The van der Waals surface area contributed by atoms with E-state index in [1.807, 2.05) is 7.05 Å². The molecule has 0 aliphatic carbocycles. The van der Waals surface area contributed by atoms with Gasteiger partial charge in [0.2, 0.25) is 0 Å². The van der Waals surface area contributed by atoms with Gasteiger partial charge in [-0.05, 0) is 41.9 Å². The highest BCUT2D eigenvalue weighted by Crippen LogP contribution is 2.22. The molecule has 0 saturated heterocycles. The maximum absolute atomic E-state index is 4.27. The maximum Gasteiger partial charge on any atom is 0.191 e. The molecule has 0 fully saturated rings. The lowest BCUT2D eigenvalue weighted by atomic mass is 10.1. The predicted octanol–water partition coefficient (Wildman–Crippen LogP) is 2.71. The third-order valence-electron chi connectivity index (χ3n) is 3.41. The minimum absolute atomic E-state index is 0.399. The van der Waals surface area contributed by atoms with Crippen LogP contribution in [0.3, 0.4) is 0 Å². The molecule has 1 rings (SSSR count). The maximum atomic E-state index is 4.27. The first-order valence-corrected chi connectivity index (χ1v) is 8.41. The quantitative estimate of drug-likeness (QED) is 0.572. The zero-order valence-electron chi connectivity index (χ0n) is 13.1. The molecule has 4 nitrogen and oxygen atoms in total. The summed E-state index contributed by atoms with van der Waals surface area (Å²) < 4.78 is 0. The Bertz CT molecular complexity index is 371. The lowest BCUT2D eigenvalue weighted by molar-refractivity contribution is 0.219. The molecule has 1 aromatic heterocycles. The lowest BCUT2D eigenvalue weighted by Gasteiger charge is -2.30. The van der Waals surface area contributed by atoms with Gasteiger partial charge < -0.3 is 10.6 Å². The summed E-state index contributed by atoms with van der Waals surface area (Å²) in [7, 11) is 1.82. The molecule has 1 aromatic rings. The number of rotatable bonds is 8. The lowest BCUT2D eigenvalue weighted by Crippen LogP contribution is -2.43. The minimum Gasteiger partial charge on any atom is -0.356 e. The molecule has 0 saturated carbocycles. The van der Waals surface area contributed by atoms with Gasteiger partial charge in [-0.3, -0.25) is 9.89 Å². The van der Waals surface area contributed by atoms with Crippen LogP contribution in [0.5, 0.6) is 0 Å². The summed E-state index contributed by atoms with van der Waals surface area (Å²) in [5.41, 5.74) is 1.39. The monoisotopic (exact) mass is 296 g/mol. The van der Waals surface area contributed by atoms with Crippen molar-refractivity contribution in [1.82, 2.24) is 15.5 Å². The summed E-state index contributed by atoms with van der Waals surface area (Å²) in [5, 5.41) is 11.2. The second kappa shape index (κ2) is 9.77. The fourth-order valence-electron chi connectivity index (χ4n) is 2.24. The van der Waals surface area contributed by atoms with Crippen molar-refractivity contribution in [2.45, 2.75) is 33.2 Å². The van der Waals surface area contributed by atoms with Crippen molar-refractivity contribution < 1.29 is 0 Å². The van der Waals surface area contributed by atoms with E-state index < -0.39 is 0 Å². The number of nitrogens with one attached hydrogen (secondary N) is 2. The molecule has 1 unspecified atom stereocenters. The fourth-order valence-corrected chi connectivity index (χ4v) is 2.95. The molecule has 0 bridgehead atoms. The van der Waals surface area contributed by atoms with Crippen molar-refractivity contribution in [2.24, 2.45) is 4.99 Å². The molecular weight excluding hydrogens is 268 g/mol. The summed E-state index contributed by atoms with van der Waals surface area (Å²) in [6.45, 7) is 10.5. The number of hydrogen-bond acceptors (Lipinski definition) is 3. The van der Waals surface area contributed by atoms with Gasteiger partial charge >= 0.3 is 0 Å². The van der Waals surface area contributed by atoms with E-state index in [0.29, 0.717) is 6.04 Å². The molecule has 5 heteroatoms. The third-order valence-corrected chi connectivity index (χ3v) is 4.11. The summed E-state index contributed by atoms with van der Waals surface area (Å²) in [6, 6.07) is 2.62. The van der Waals surface area contributed by atoms with Gasteiger partial charge in [0.05, 0.1) is 6.04 Å². The molecular formula is C15H28N4S. The number of nitrogens with zero attached hydrogens (tertiary/aromatic N) is 2.